The first kappa shape index (κ1) is 26.2. The molecule has 1 aliphatic carbocycles. The Balaban J connectivity index is 1.45. The first-order valence-corrected chi connectivity index (χ1v) is 13.2. The van der Waals surface area contributed by atoms with Crippen molar-refractivity contribution < 1.29 is 24.2 Å². The number of benzene rings is 2. The highest BCUT2D eigenvalue weighted by Gasteiger charge is 2.46. The van der Waals surface area contributed by atoms with Gasteiger partial charge in [0, 0.05) is 30.2 Å². The van der Waals surface area contributed by atoms with Gasteiger partial charge in [-0.15, -0.1) is 0 Å². The van der Waals surface area contributed by atoms with E-state index in [0.29, 0.717) is 29.7 Å². The first-order valence-electron chi connectivity index (χ1n) is 13.2. The normalized spacial score (nSPS) is 27.7. The minimum Gasteiger partial charge on any atom is -0.490 e. The monoisotopic (exact) mass is 520 g/mol. The van der Waals surface area contributed by atoms with Crippen LogP contribution in [-0.4, -0.2) is 52.6 Å². The summed E-state index contributed by atoms with van der Waals surface area (Å²) in [5, 5.41) is 26.0. The Bertz CT molecular complexity index is 1250. The van der Waals surface area contributed by atoms with Crippen LogP contribution in [0.4, 0.5) is 0 Å². The molecule has 2 aromatic carbocycles. The number of carbonyl (C=O) groups is 2. The van der Waals surface area contributed by atoms with Crippen LogP contribution < -0.4 is 15.4 Å². The highest BCUT2D eigenvalue weighted by Crippen LogP contribution is 2.46. The molecule has 0 aromatic heterocycles. The second-order valence-electron chi connectivity index (χ2n) is 10.8. The summed E-state index contributed by atoms with van der Waals surface area (Å²) in [6.07, 6.45) is 2.05. The summed E-state index contributed by atoms with van der Waals surface area (Å²) in [5.41, 5.74) is 1.11. The minimum absolute atomic E-state index is 0.0555. The Morgan fingerprint density at radius 2 is 1.95 bits per heavy atom. The lowest BCUT2D eigenvalue weighted by molar-refractivity contribution is -0.133. The molecule has 0 saturated carbocycles. The molecule has 1 saturated heterocycles. The van der Waals surface area contributed by atoms with E-state index in [2.05, 4.69) is 10.6 Å². The van der Waals surface area contributed by atoms with Gasteiger partial charge in [0.2, 0.25) is 5.91 Å². The third kappa shape index (κ3) is 4.33. The Labute approximate surface area is 223 Å². The lowest BCUT2D eigenvalue weighted by Crippen LogP contribution is -2.62. The van der Waals surface area contributed by atoms with Crippen molar-refractivity contribution in [3.05, 3.63) is 64.7 Å². The number of nitrogens with one attached hydrogen (secondary N) is 3. The van der Waals surface area contributed by atoms with E-state index < -0.39 is 23.2 Å². The lowest BCUT2D eigenvalue weighted by atomic mass is 9.86. The largest absolute Gasteiger partial charge is 0.490 e. The molecule has 2 aromatic rings. The zero-order valence-electron chi connectivity index (χ0n) is 22.3. The molecule has 9 heteroatoms. The molecule has 0 unspecified atom stereocenters. The molecular weight excluding hydrogens is 484 g/mol. The number of guanidine groups is 1. The first-order chi connectivity index (χ1) is 18.1. The number of rotatable bonds is 6. The molecule has 2 amide bonds. The number of ether oxygens (including phenoxy) is 2. The fourth-order valence-electron chi connectivity index (χ4n) is 6.02. The van der Waals surface area contributed by atoms with Crippen molar-refractivity contribution in [3.8, 4) is 5.75 Å². The molecule has 202 valence electrons. The van der Waals surface area contributed by atoms with E-state index in [4.69, 9.17) is 14.9 Å². The van der Waals surface area contributed by atoms with Crippen molar-refractivity contribution in [1.29, 1.82) is 5.41 Å². The van der Waals surface area contributed by atoms with Crippen LogP contribution in [-0.2, 0) is 9.53 Å². The van der Waals surface area contributed by atoms with E-state index in [9.17, 15) is 14.7 Å². The van der Waals surface area contributed by atoms with Gasteiger partial charge in [-0.1, -0.05) is 38.1 Å². The zero-order valence-corrected chi connectivity index (χ0v) is 22.3. The molecule has 1 fully saturated rings. The summed E-state index contributed by atoms with van der Waals surface area (Å²) in [7, 11) is 1.63. The summed E-state index contributed by atoms with van der Waals surface area (Å²) >= 11 is 0. The van der Waals surface area contributed by atoms with Gasteiger partial charge in [-0.2, -0.15) is 0 Å². The van der Waals surface area contributed by atoms with Gasteiger partial charge in [-0.05, 0) is 49.1 Å². The average Bonchev–Trinajstić information content (AvgIpc) is 3.27. The molecular formula is C29H36N4O5. The minimum atomic E-state index is -1.30. The number of amides is 2. The van der Waals surface area contributed by atoms with Crippen LogP contribution in [0.15, 0.2) is 42.5 Å². The molecule has 4 N–H and O–H groups in total. The number of hydrogen-bond donors (Lipinski definition) is 4. The maximum atomic E-state index is 13.5. The summed E-state index contributed by atoms with van der Waals surface area (Å²) < 4.78 is 11.4. The van der Waals surface area contributed by atoms with E-state index in [1.807, 2.05) is 44.2 Å². The van der Waals surface area contributed by atoms with Crippen LogP contribution in [0.2, 0.25) is 0 Å². The number of hydrogen-bond acceptors (Lipinski definition) is 6. The Kier molecular flexibility index (Phi) is 6.69. The fraction of sp³-hybridized carbons (Fsp3) is 0.483. The summed E-state index contributed by atoms with van der Waals surface area (Å²) in [4.78, 5) is 28.4. The molecule has 2 aliphatic heterocycles. The fourth-order valence-corrected chi connectivity index (χ4v) is 6.02. The lowest BCUT2D eigenvalue weighted by Gasteiger charge is -2.44. The molecule has 9 nitrogen and oxygen atoms in total. The maximum Gasteiger partial charge on any atom is 0.251 e. The number of fused-ring (bicyclic) bond motifs is 2. The second-order valence-corrected chi connectivity index (χ2v) is 10.8. The van der Waals surface area contributed by atoms with Crippen LogP contribution in [0.1, 0.15) is 91.7 Å². The van der Waals surface area contributed by atoms with Crippen LogP contribution >= 0.6 is 0 Å². The topological polar surface area (TPSA) is 124 Å². The Morgan fingerprint density at radius 3 is 2.63 bits per heavy atom. The maximum absolute atomic E-state index is 13.5. The third-order valence-corrected chi connectivity index (χ3v) is 8.47. The van der Waals surface area contributed by atoms with Gasteiger partial charge in [0.1, 0.15) is 18.0 Å². The summed E-state index contributed by atoms with van der Waals surface area (Å²) in [6, 6.07) is 11.7. The predicted octanol–water partition coefficient (Wildman–Crippen LogP) is 3.75. The highest BCUT2D eigenvalue weighted by molar-refractivity contribution is 6.00. The van der Waals surface area contributed by atoms with Crippen LogP contribution in [0.3, 0.4) is 0 Å². The zero-order chi connectivity index (χ0) is 27.2. The SMILES string of the molecule is CCC1(CC)CC(=O)N([C@@H]2C[C@@H](OC)c3ccc(C(=O)N[C@@H]4c5ccccc5OC[C@@]4(C)O)cc32)C(=N)N1. The Hall–Kier alpha value is -3.43. The van der Waals surface area contributed by atoms with Crippen molar-refractivity contribution in [2.45, 2.75) is 75.8 Å². The average molecular weight is 521 g/mol. The molecule has 0 radical (unpaired) electrons. The van der Waals surface area contributed by atoms with Crippen molar-refractivity contribution in [3.63, 3.8) is 0 Å². The molecule has 38 heavy (non-hydrogen) atoms. The molecule has 2 heterocycles. The second kappa shape index (κ2) is 9.71. The number of para-hydroxylation sites is 1. The van der Waals surface area contributed by atoms with Crippen molar-refractivity contribution in [2.24, 2.45) is 0 Å². The van der Waals surface area contributed by atoms with Gasteiger partial charge in [0.15, 0.2) is 5.96 Å². The summed E-state index contributed by atoms with van der Waals surface area (Å²) in [6.45, 7) is 5.75. The van der Waals surface area contributed by atoms with Crippen LogP contribution in [0.25, 0.3) is 0 Å². The number of carbonyl (C=O) groups excluding carboxylic acids is 2. The van der Waals surface area contributed by atoms with Gasteiger partial charge in [0.05, 0.1) is 24.6 Å². The smallest absolute Gasteiger partial charge is 0.251 e. The quantitative estimate of drug-likeness (QED) is 0.460. The van der Waals surface area contributed by atoms with Gasteiger partial charge < -0.3 is 25.2 Å². The van der Waals surface area contributed by atoms with E-state index in [1.165, 1.54) is 4.90 Å². The van der Waals surface area contributed by atoms with Crippen molar-refractivity contribution in [1.82, 2.24) is 15.5 Å². The van der Waals surface area contributed by atoms with Gasteiger partial charge in [-0.3, -0.25) is 19.9 Å². The number of methoxy groups -OCH3 is 1. The molecule has 3 aliphatic rings. The number of aliphatic hydroxyl groups is 1. The highest BCUT2D eigenvalue weighted by atomic mass is 16.5. The molecule has 4 atom stereocenters. The van der Waals surface area contributed by atoms with Crippen LogP contribution in [0.5, 0.6) is 5.75 Å². The van der Waals surface area contributed by atoms with Gasteiger partial charge in [0.25, 0.3) is 5.91 Å². The predicted molar refractivity (Wildman–Crippen MR) is 142 cm³/mol. The van der Waals surface area contributed by atoms with Gasteiger partial charge >= 0.3 is 0 Å². The van der Waals surface area contributed by atoms with Crippen LogP contribution in [0, 0.1) is 5.41 Å². The Morgan fingerprint density at radius 1 is 1.21 bits per heavy atom. The van der Waals surface area contributed by atoms with E-state index in [0.717, 1.165) is 24.0 Å². The van der Waals surface area contributed by atoms with Crippen molar-refractivity contribution >= 4 is 17.8 Å². The molecule has 0 bridgehead atoms. The van der Waals surface area contributed by atoms with E-state index >= 15 is 0 Å². The van der Waals surface area contributed by atoms with Gasteiger partial charge in [-0.25, -0.2) is 0 Å². The molecule has 0 spiro atoms. The van der Waals surface area contributed by atoms with E-state index in [-0.39, 0.29) is 30.5 Å². The van der Waals surface area contributed by atoms with E-state index in [1.54, 1.807) is 26.2 Å². The standard InChI is InChI=1S/C29H36N4O5/c1-5-29(6-2)15-24(34)33(27(30)32-29)21-14-23(37-4)18-12-11-17(13-20(18)21)26(35)31-25-19-9-7-8-10-22(19)38-16-28(25,3)36/h7-13,21,23,25,36H,5-6,14-16H2,1-4H3,(H2,30,32)(H,31,35)/t21-,23-,25-,28-/m1/s1. The molecule has 5 rings (SSSR count). The number of nitrogens with zero attached hydrogens (tertiary/aromatic N) is 1. The van der Waals surface area contributed by atoms with Crippen molar-refractivity contribution in [2.75, 3.05) is 13.7 Å². The third-order valence-electron chi connectivity index (χ3n) is 8.47. The summed E-state index contributed by atoms with van der Waals surface area (Å²) in [5.74, 6) is 0.270.